The average molecular weight is 561 g/mol. The number of rotatable bonds is 4. The fourth-order valence-corrected chi connectivity index (χ4v) is 5.70. The summed E-state index contributed by atoms with van der Waals surface area (Å²) in [6.45, 7) is 8.11. The minimum absolute atomic E-state index is 0.0556. The highest BCUT2D eigenvalue weighted by molar-refractivity contribution is 6.29. The van der Waals surface area contributed by atoms with Crippen molar-refractivity contribution in [2.45, 2.75) is 53.4 Å². The first-order chi connectivity index (χ1) is 19.9. The molecule has 0 atom stereocenters. The summed E-state index contributed by atoms with van der Waals surface area (Å²) in [5.41, 5.74) is 3.46. The second kappa shape index (κ2) is 11.4. The topological polar surface area (TPSA) is 99.3 Å². The number of benzene rings is 3. The van der Waals surface area contributed by atoms with Crippen molar-refractivity contribution in [3.63, 3.8) is 0 Å². The van der Waals surface area contributed by atoms with Crippen LogP contribution in [0.1, 0.15) is 64.5 Å². The summed E-state index contributed by atoms with van der Waals surface area (Å²) in [7, 11) is 0. The average Bonchev–Trinajstić information content (AvgIpc) is 2.93. The van der Waals surface area contributed by atoms with Gasteiger partial charge in [-0.2, -0.15) is 0 Å². The van der Waals surface area contributed by atoms with Crippen molar-refractivity contribution in [3.05, 3.63) is 107 Å². The third-order valence-corrected chi connectivity index (χ3v) is 7.65. The molecule has 0 unspecified atom stereocenters. The van der Waals surface area contributed by atoms with Crippen molar-refractivity contribution >= 4 is 45.9 Å². The lowest BCUT2D eigenvalue weighted by atomic mass is 9.73. The molecular formula is C36H36N2O4. The Morgan fingerprint density at radius 1 is 0.548 bits per heavy atom. The predicted molar refractivity (Wildman–Crippen MR) is 169 cm³/mol. The number of carbonyl (C=O) groups excluding carboxylic acids is 2. The zero-order valence-electron chi connectivity index (χ0n) is 24.5. The third-order valence-electron chi connectivity index (χ3n) is 7.65. The number of allylic oxidation sites excluding steroid dienone is 2. The van der Waals surface area contributed by atoms with Crippen LogP contribution in [0.5, 0.6) is 0 Å². The Bertz CT molecular complexity index is 1520. The minimum atomic E-state index is -0.286. The van der Waals surface area contributed by atoms with E-state index in [4.69, 9.17) is 9.98 Å². The van der Waals surface area contributed by atoms with Gasteiger partial charge in [-0.1, -0.05) is 88.4 Å². The number of aliphatic hydroxyl groups is 2. The maximum Gasteiger partial charge on any atom is 0.169 e. The molecule has 5 rings (SSSR count). The van der Waals surface area contributed by atoms with Gasteiger partial charge in [0.05, 0.1) is 33.9 Å². The molecular weight excluding hydrogens is 524 g/mol. The van der Waals surface area contributed by atoms with Gasteiger partial charge in [0.1, 0.15) is 11.5 Å². The molecule has 3 aromatic carbocycles. The molecule has 2 fully saturated rings. The molecule has 6 nitrogen and oxygen atoms in total. The zero-order chi connectivity index (χ0) is 30.1. The zero-order valence-corrected chi connectivity index (χ0v) is 24.5. The number of nitrogens with zero attached hydrogens (tertiary/aromatic N) is 2. The summed E-state index contributed by atoms with van der Waals surface area (Å²) < 4.78 is 0. The molecule has 6 heteroatoms. The predicted octanol–water partition coefficient (Wildman–Crippen LogP) is 8.55. The summed E-state index contributed by atoms with van der Waals surface area (Å²) in [5.74, 6) is -0.368. The van der Waals surface area contributed by atoms with Gasteiger partial charge in [0, 0.05) is 24.0 Å². The molecule has 2 saturated carbocycles. The van der Waals surface area contributed by atoms with E-state index in [9.17, 15) is 19.8 Å². The van der Waals surface area contributed by atoms with Gasteiger partial charge < -0.3 is 10.2 Å². The van der Waals surface area contributed by atoms with Crippen LogP contribution in [0.2, 0.25) is 0 Å². The van der Waals surface area contributed by atoms with Crippen LogP contribution in [0.3, 0.4) is 0 Å². The first kappa shape index (κ1) is 28.9. The molecule has 2 N–H and O–H groups in total. The molecule has 0 spiro atoms. The fourth-order valence-electron chi connectivity index (χ4n) is 5.70. The van der Waals surface area contributed by atoms with Crippen LogP contribution in [0.15, 0.2) is 106 Å². The molecule has 0 bridgehead atoms. The summed E-state index contributed by atoms with van der Waals surface area (Å²) >= 11 is 0. The van der Waals surface area contributed by atoms with Crippen LogP contribution in [0.4, 0.5) is 11.4 Å². The van der Waals surface area contributed by atoms with Gasteiger partial charge in [0.2, 0.25) is 0 Å². The second-order valence-corrected chi connectivity index (χ2v) is 12.7. The number of ketones is 2. The SMILES string of the molecule is CC1(C)CC(=O)C(=C(O)c2ccccc2)C(=Nc2ccc(N=C3CC(C)(C)CC(=O)C3=C(O)c3ccccc3)cc2)C1. The first-order valence-electron chi connectivity index (χ1n) is 14.2. The van der Waals surface area contributed by atoms with Gasteiger partial charge >= 0.3 is 0 Å². The van der Waals surface area contributed by atoms with Crippen molar-refractivity contribution in [1.29, 1.82) is 0 Å². The van der Waals surface area contributed by atoms with Crippen molar-refractivity contribution in [2.75, 3.05) is 0 Å². The minimum Gasteiger partial charge on any atom is -0.506 e. The molecule has 0 heterocycles. The summed E-state index contributed by atoms with van der Waals surface area (Å²) in [5, 5.41) is 22.2. The van der Waals surface area contributed by atoms with Crippen LogP contribution in [-0.4, -0.2) is 33.2 Å². The van der Waals surface area contributed by atoms with Gasteiger partial charge in [-0.15, -0.1) is 0 Å². The Morgan fingerprint density at radius 2 is 0.881 bits per heavy atom. The van der Waals surface area contributed by atoms with E-state index in [1.165, 1.54) is 0 Å². The number of aliphatic hydroxyl groups excluding tert-OH is 2. The van der Waals surface area contributed by atoms with Crippen molar-refractivity contribution in [2.24, 2.45) is 20.8 Å². The van der Waals surface area contributed by atoms with Gasteiger partial charge in [-0.05, 0) is 47.9 Å². The van der Waals surface area contributed by atoms with Crippen LogP contribution >= 0.6 is 0 Å². The highest BCUT2D eigenvalue weighted by atomic mass is 16.3. The summed E-state index contributed by atoms with van der Waals surface area (Å²) in [6.07, 6.45) is 1.74. The lowest BCUT2D eigenvalue weighted by molar-refractivity contribution is -0.118. The van der Waals surface area contributed by atoms with Crippen molar-refractivity contribution in [1.82, 2.24) is 0 Å². The number of carbonyl (C=O) groups is 2. The normalized spacial score (nSPS) is 22.8. The van der Waals surface area contributed by atoms with Gasteiger partial charge in [-0.25, -0.2) is 0 Å². The molecule has 214 valence electrons. The summed E-state index contributed by atoms with van der Waals surface area (Å²) in [6, 6.07) is 25.3. The Hall–Kier alpha value is -4.58. The molecule has 0 saturated heterocycles. The quantitative estimate of drug-likeness (QED) is 0.247. The highest BCUT2D eigenvalue weighted by Gasteiger charge is 2.38. The maximum absolute atomic E-state index is 13.2. The molecule has 2 aliphatic carbocycles. The van der Waals surface area contributed by atoms with Gasteiger partial charge in [-0.3, -0.25) is 19.6 Å². The van der Waals surface area contributed by atoms with Crippen LogP contribution in [0, 0.1) is 10.8 Å². The first-order valence-corrected chi connectivity index (χ1v) is 14.2. The van der Waals surface area contributed by atoms with Gasteiger partial charge in [0.15, 0.2) is 11.6 Å². The lowest BCUT2D eigenvalue weighted by Crippen LogP contribution is -2.32. The van der Waals surface area contributed by atoms with Crippen LogP contribution in [-0.2, 0) is 9.59 Å². The molecule has 0 aliphatic heterocycles. The standard InChI is InChI=1S/C36H36N2O4/c1-35(2)19-27(31(29(39)21-35)33(41)23-11-7-5-8-12-23)37-25-15-17-26(18-16-25)38-28-20-36(3,4)22-30(40)32(28)34(42)24-13-9-6-10-14-24/h5-18,41-42H,19-22H2,1-4H3. The molecule has 0 radical (unpaired) electrons. The summed E-state index contributed by atoms with van der Waals surface area (Å²) in [4.78, 5) is 36.0. The molecule has 0 amide bonds. The Labute approximate surface area is 246 Å². The molecule has 0 aromatic heterocycles. The lowest BCUT2D eigenvalue weighted by Gasteiger charge is -2.31. The van der Waals surface area contributed by atoms with E-state index < -0.39 is 0 Å². The number of hydrogen-bond donors (Lipinski definition) is 2. The van der Waals surface area contributed by atoms with E-state index >= 15 is 0 Å². The largest absolute Gasteiger partial charge is 0.506 e. The fraction of sp³-hybridized carbons (Fsp3) is 0.278. The smallest absolute Gasteiger partial charge is 0.169 e. The number of hydrogen-bond acceptors (Lipinski definition) is 6. The Morgan fingerprint density at radius 3 is 1.21 bits per heavy atom. The second-order valence-electron chi connectivity index (χ2n) is 12.7. The third kappa shape index (κ3) is 6.33. The number of aliphatic imine (C=N–C) groups is 2. The molecule has 2 aliphatic rings. The van der Waals surface area contributed by atoms with Crippen LogP contribution < -0.4 is 0 Å². The molecule has 3 aromatic rings. The van der Waals surface area contributed by atoms with E-state index in [1.54, 1.807) is 24.3 Å². The van der Waals surface area contributed by atoms with E-state index in [1.807, 2.05) is 88.4 Å². The Balaban J connectivity index is 1.52. The Kier molecular flexibility index (Phi) is 7.83. The maximum atomic E-state index is 13.2. The van der Waals surface area contributed by atoms with Gasteiger partial charge in [0.25, 0.3) is 0 Å². The number of Topliss-reactive ketones (excluding diaryl/α,β-unsaturated/α-hetero) is 2. The van der Waals surface area contributed by atoms with E-state index in [0.717, 1.165) is 0 Å². The van der Waals surface area contributed by atoms with Crippen molar-refractivity contribution < 1.29 is 19.8 Å². The monoisotopic (exact) mass is 560 g/mol. The molecule has 42 heavy (non-hydrogen) atoms. The van der Waals surface area contributed by atoms with E-state index in [-0.39, 0.29) is 45.1 Å². The highest BCUT2D eigenvalue weighted by Crippen LogP contribution is 2.39. The van der Waals surface area contributed by atoms with E-state index in [2.05, 4.69) is 0 Å². The van der Waals surface area contributed by atoms with Crippen molar-refractivity contribution in [3.8, 4) is 0 Å². The van der Waals surface area contributed by atoms with Crippen LogP contribution in [0.25, 0.3) is 11.5 Å². The van der Waals surface area contributed by atoms with E-state index in [0.29, 0.717) is 59.6 Å².